The van der Waals surface area contributed by atoms with Crippen LogP contribution in [0.4, 0.5) is 10.6 Å². The molecular weight excluding hydrogens is 400 g/mol. The smallest absolute Gasteiger partial charge is 0.360 e. The second-order valence-corrected chi connectivity index (χ2v) is 8.35. The van der Waals surface area contributed by atoms with E-state index in [9.17, 15) is 14.4 Å². The molecule has 0 radical (unpaired) electrons. The molecule has 0 spiro atoms. The summed E-state index contributed by atoms with van der Waals surface area (Å²) in [4.78, 5) is 40.5. The van der Waals surface area contributed by atoms with E-state index < -0.39 is 17.2 Å². The number of rotatable bonds is 6. The molecule has 10 heteroatoms. The van der Waals surface area contributed by atoms with Crippen LogP contribution in [-0.4, -0.2) is 56.5 Å². The van der Waals surface area contributed by atoms with Crippen LogP contribution in [0.5, 0.6) is 0 Å². The van der Waals surface area contributed by atoms with Gasteiger partial charge >= 0.3 is 11.9 Å². The van der Waals surface area contributed by atoms with Crippen molar-refractivity contribution in [2.24, 2.45) is 0 Å². The summed E-state index contributed by atoms with van der Waals surface area (Å²) < 4.78 is 6.29. The molecular formula is C18H17N4O4S2+. The quantitative estimate of drug-likeness (QED) is 0.725. The number of hydrogen-bond donors (Lipinski definition) is 1. The number of imide groups is 1. The van der Waals surface area contributed by atoms with Gasteiger partial charge in [-0.2, -0.15) is 14.3 Å². The summed E-state index contributed by atoms with van der Waals surface area (Å²) in [6.07, 6.45) is 2.31. The number of amides is 4. The molecule has 0 saturated carbocycles. The maximum Gasteiger partial charge on any atom is 0.501 e. The minimum Gasteiger partial charge on any atom is -0.360 e. The first-order chi connectivity index (χ1) is 13.5. The Hall–Kier alpha value is -2.72. The molecule has 2 aliphatic rings. The molecule has 0 saturated heterocycles. The lowest BCUT2D eigenvalue weighted by Crippen LogP contribution is -2.56. The van der Waals surface area contributed by atoms with Crippen molar-refractivity contribution in [3.63, 3.8) is 0 Å². The van der Waals surface area contributed by atoms with Crippen molar-refractivity contribution < 1.29 is 23.5 Å². The van der Waals surface area contributed by atoms with Crippen molar-refractivity contribution in [3.8, 4) is 0 Å². The Labute approximate surface area is 168 Å². The van der Waals surface area contributed by atoms with E-state index in [1.54, 1.807) is 35.8 Å². The highest BCUT2D eigenvalue weighted by Crippen LogP contribution is 2.28. The van der Waals surface area contributed by atoms with E-state index in [4.69, 9.17) is 4.52 Å². The third kappa shape index (κ3) is 3.65. The number of aryl methyl sites for hydroxylation is 1. The van der Waals surface area contributed by atoms with Gasteiger partial charge in [0.25, 0.3) is 5.91 Å². The van der Waals surface area contributed by atoms with Gasteiger partial charge in [0.2, 0.25) is 0 Å². The van der Waals surface area contributed by atoms with Gasteiger partial charge in [0.1, 0.15) is 18.0 Å². The lowest BCUT2D eigenvalue weighted by atomic mass is 10.1. The van der Waals surface area contributed by atoms with Crippen LogP contribution in [0.15, 0.2) is 39.6 Å². The monoisotopic (exact) mass is 417 g/mol. The molecule has 4 rings (SSSR count). The van der Waals surface area contributed by atoms with E-state index in [-0.39, 0.29) is 24.8 Å². The van der Waals surface area contributed by atoms with Gasteiger partial charge in [-0.25, -0.2) is 4.79 Å². The minimum absolute atomic E-state index is 0.204. The topological polar surface area (TPSA) is 95.5 Å². The van der Waals surface area contributed by atoms with Gasteiger partial charge in [-0.05, 0) is 29.9 Å². The van der Waals surface area contributed by atoms with E-state index in [2.05, 4.69) is 10.5 Å². The number of aromatic nitrogens is 1. The van der Waals surface area contributed by atoms with Crippen molar-refractivity contribution >= 4 is 52.5 Å². The standard InChI is InChI=1S/C18H16N4O4S2/c1-11-9-14(20-26-11)19-15(23)10-22-13-5-8-28-16(13)17(24)21(18(22)25)6-4-12-3-2-7-27-12/h2-3,5,7-9,16H,4,6,10H2,1H3/p+1. The minimum atomic E-state index is -0.497. The normalized spacial score (nSPS) is 18.8. The van der Waals surface area contributed by atoms with E-state index >= 15 is 0 Å². The van der Waals surface area contributed by atoms with Crippen LogP contribution in [0, 0.1) is 6.92 Å². The fourth-order valence-electron chi connectivity index (χ4n) is 3.05. The van der Waals surface area contributed by atoms with Gasteiger partial charge in [-0.1, -0.05) is 11.2 Å². The third-order valence-corrected chi connectivity index (χ3v) is 6.29. The second kappa shape index (κ2) is 7.72. The number of nitrogens with one attached hydrogen (secondary N) is 1. The summed E-state index contributed by atoms with van der Waals surface area (Å²) >= 11 is 2.93. The SMILES string of the molecule is Cc1cc(NC(=O)C[N+]2=C3C=CSC3C(=O)N(CCc3cccs3)C2=O)no1. The molecule has 4 heterocycles. The zero-order chi connectivity index (χ0) is 19.7. The number of fused-ring (bicyclic) bond motifs is 1. The molecule has 4 amide bonds. The molecule has 2 aliphatic heterocycles. The summed E-state index contributed by atoms with van der Waals surface area (Å²) in [5.41, 5.74) is 0.541. The number of carbonyl (C=O) groups is 3. The first kappa shape index (κ1) is 18.6. The fraction of sp³-hybridized carbons (Fsp3) is 0.278. The molecule has 0 fully saturated rings. The van der Waals surface area contributed by atoms with Crippen LogP contribution in [0.2, 0.25) is 0 Å². The van der Waals surface area contributed by atoms with Crippen LogP contribution in [0.1, 0.15) is 10.6 Å². The molecule has 1 N–H and O–H groups in total. The van der Waals surface area contributed by atoms with Crippen LogP contribution >= 0.6 is 23.1 Å². The summed E-state index contributed by atoms with van der Waals surface area (Å²) in [5.74, 6) is 0.204. The number of thiophene rings is 1. The molecule has 144 valence electrons. The van der Waals surface area contributed by atoms with Gasteiger partial charge in [0, 0.05) is 17.4 Å². The molecule has 0 bridgehead atoms. The van der Waals surface area contributed by atoms with E-state index in [0.717, 1.165) is 4.88 Å². The largest absolute Gasteiger partial charge is 0.501 e. The Balaban J connectivity index is 1.52. The lowest BCUT2D eigenvalue weighted by molar-refractivity contribution is -0.425. The highest BCUT2D eigenvalue weighted by atomic mass is 32.2. The first-order valence-corrected chi connectivity index (χ1v) is 10.4. The van der Waals surface area contributed by atoms with Gasteiger partial charge in [-0.15, -0.1) is 23.1 Å². The number of hydrogen-bond acceptors (Lipinski definition) is 7. The van der Waals surface area contributed by atoms with E-state index in [1.165, 1.54) is 21.2 Å². The fourth-order valence-corrected chi connectivity index (χ4v) is 4.71. The van der Waals surface area contributed by atoms with E-state index in [1.807, 2.05) is 17.5 Å². The van der Waals surface area contributed by atoms with Crippen molar-refractivity contribution in [1.29, 1.82) is 0 Å². The van der Waals surface area contributed by atoms with Crippen molar-refractivity contribution in [2.45, 2.75) is 18.6 Å². The third-order valence-electron chi connectivity index (χ3n) is 4.34. The number of anilines is 1. The number of allylic oxidation sites excluding steroid dienone is 1. The molecule has 2 aromatic heterocycles. The summed E-state index contributed by atoms with van der Waals surface area (Å²) in [7, 11) is 0. The van der Waals surface area contributed by atoms with Crippen molar-refractivity contribution in [2.75, 3.05) is 18.4 Å². The average molecular weight is 417 g/mol. The Bertz CT molecular complexity index is 993. The maximum absolute atomic E-state index is 13.0. The number of carbonyl (C=O) groups excluding carboxylic acids is 3. The molecule has 8 nitrogen and oxygen atoms in total. The first-order valence-electron chi connectivity index (χ1n) is 8.60. The second-order valence-electron chi connectivity index (χ2n) is 6.30. The average Bonchev–Trinajstić information content (AvgIpc) is 3.40. The van der Waals surface area contributed by atoms with Crippen molar-refractivity contribution in [3.05, 3.63) is 45.7 Å². The van der Waals surface area contributed by atoms with Gasteiger partial charge in [0.05, 0.1) is 0 Å². The summed E-state index contributed by atoms with van der Waals surface area (Å²) in [6.45, 7) is 1.79. The predicted molar refractivity (Wildman–Crippen MR) is 106 cm³/mol. The summed E-state index contributed by atoms with van der Waals surface area (Å²) in [6, 6.07) is 5.02. The highest BCUT2D eigenvalue weighted by Gasteiger charge is 2.49. The van der Waals surface area contributed by atoms with Crippen LogP contribution < -0.4 is 5.32 Å². The Morgan fingerprint density at radius 2 is 2.29 bits per heavy atom. The summed E-state index contributed by atoms with van der Waals surface area (Å²) in [5, 5.41) is 9.57. The van der Waals surface area contributed by atoms with Crippen LogP contribution in [0.3, 0.4) is 0 Å². The highest BCUT2D eigenvalue weighted by molar-refractivity contribution is 8.04. The van der Waals surface area contributed by atoms with Crippen LogP contribution in [0.25, 0.3) is 0 Å². The zero-order valence-electron chi connectivity index (χ0n) is 15.0. The van der Waals surface area contributed by atoms with Gasteiger partial charge in [-0.3, -0.25) is 4.79 Å². The Morgan fingerprint density at radius 3 is 3.00 bits per heavy atom. The molecule has 0 aliphatic carbocycles. The molecule has 1 unspecified atom stereocenters. The number of nitrogens with zero attached hydrogens (tertiary/aromatic N) is 3. The zero-order valence-corrected chi connectivity index (χ0v) is 16.6. The Kier molecular flexibility index (Phi) is 5.14. The van der Waals surface area contributed by atoms with E-state index in [0.29, 0.717) is 17.9 Å². The molecule has 2 aromatic rings. The van der Waals surface area contributed by atoms with Crippen molar-refractivity contribution in [1.82, 2.24) is 10.1 Å². The molecule has 1 atom stereocenters. The van der Waals surface area contributed by atoms with Crippen LogP contribution in [-0.2, 0) is 16.0 Å². The molecule has 28 heavy (non-hydrogen) atoms. The molecule has 0 aromatic carbocycles. The number of thioether (sulfide) groups is 1. The Morgan fingerprint density at radius 1 is 1.43 bits per heavy atom. The number of urea groups is 1. The van der Waals surface area contributed by atoms with Gasteiger partial charge < -0.3 is 9.84 Å². The maximum atomic E-state index is 13.0. The van der Waals surface area contributed by atoms with Gasteiger partial charge in [0.15, 0.2) is 17.6 Å². The predicted octanol–water partition coefficient (Wildman–Crippen LogP) is 2.27. The lowest BCUT2D eigenvalue weighted by Gasteiger charge is -2.24.